The van der Waals surface area contributed by atoms with Crippen molar-refractivity contribution in [2.24, 2.45) is 0 Å². The lowest BCUT2D eigenvalue weighted by Crippen LogP contribution is -2.38. The van der Waals surface area contributed by atoms with Gasteiger partial charge < -0.3 is 5.11 Å². The number of hydrogen-bond acceptors (Lipinski definition) is 2. The Labute approximate surface area is 111 Å². The molecule has 4 heteroatoms. The number of para-hydroxylation sites is 1. The van der Waals surface area contributed by atoms with E-state index in [0.717, 1.165) is 29.6 Å². The number of aryl methyl sites for hydroxylation is 1. The fraction of sp³-hybridized carbons (Fsp3) is 0.429. The van der Waals surface area contributed by atoms with Crippen molar-refractivity contribution in [1.82, 2.24) is 0 Å². The SMILES string of the molecule is CCCCCC[n+]1c(C(=O)O)sc2ccccc21. The van der Waals surface area contributed by atoms with Crippen molar-refractivity contribution in [2.45, 2.75) is 39.2 Å². The lowest BCUT2D eigenvalue weighted by molar-refractivity contribution is -0.670. The molecule has 1 N–H and O–H groups in total. The fourth-order valence-electron chi connectivity index (χ4n) is 2.11. The number of carbonyl (C=O) groups is 1. The van der Waals surface area contributed by atoms with Crippen LogP contribution in [0, 0.1) is 0 Å². The Bertz CT molecular complexity index is 548. The smallest absolute Gasteiger partial charge is 0.412 e. The zero-order chi connectivity index (χ0) is 13.0. The van der Waals surface area contributed by atoms with Crippen LogP contribution < -0.4 is 4.57 Å². The zero-order valence-corrected chi connectivity index (χ0v) is 11.4. The number of thiazole rings is 1. The van der Waals surface area contributed by atoms with Gasteiger partial charge in [-0.1, -0.05) is 43.2 Å². The third-order valence-electron chi connectivity index (χ3n) is 3.03. The highest BCUT2D eigenvalue weighted by molar-refractivity contribution is 7.19. The predicted octanol–water partition coefficient (Wildman–Crippen LogP) is 3.47. The van der Waals surface area contributed by atoms with Crippen LogP contribution in [-0.2, 0) is 6.54 Å². The second kappa shape index (κ2) is 5.96. The van der Waals surface area contributed by atoms with Crippen molar-refractivity contribution >= 4 is 27.5 Å². The van der Waals surface area contributed by atoms with Crippen LogP contribution in [0.1, 0.15) is 42.4 Å². The zero-order valence-electron chi connectivity index (χ0n) is 10.6. The van der Waals surface area contributed by atoms with Crippen LogP contribution in [0.5, 0.6) is 0 Å². The first-order chi connectivity index (χ1) is 8.74. The van der Waals surface area contributed by atoms with Gasteiger partial charge in [-0.25, -0.2) is 4.79 Å². The largest absolute Gasteiger partial charge is 0.473 e. The molecule has 0 fully saturated rings. The molecule has 0 saturated heterocycles. The molecular formula is C14H18NO2S+. The van der Waals surface area contributed by atoms with Gasteiger partial charge in [0.25, 0.3) is 0 Å². The maximum atomic E-state index is 11.3. The molecular weight excluding hydrogens is 246 g/mol. The number of aromatic carboxylic acids is 1. The number of hydrogen-bond donors (Lipinski definition) is 1. The molecule has 2 aromatic rings. The molecule has 0 radical (unpaired) electrons. The maximum Gasteiger partial charge on any atom is 0.412 e. The van der Waals surface area contributed by atoms with Gasteiger partial charge in [0.15, 0.2) is 6.54 Å². The summed E-state index contributed by atoms with van der Waals surface area (Å²) in [4.78, 5) is 11.3. The normalized spacial score (nSPS) is 10.9. The van der Waals surface area contributed by atoms with Gasteiger partial charge in [0.2, 0.25) is 5.52 Å². The molecule has 3 nitrogen and oxygen atoms in total. The van der Waals surface area contributed by atoms with Crippen molar-refractivity contribution in [1.29, 1.82) is 0 Å². The van der Waals surface area contributed by atoms with Crippen molar-refractivity contribution < 1.29 is 14.5 Å². The minimum absolute atomic E-state index is 0.438. The molecule has 1 aromatic carbocycles. The van der Waals surface area contributed by atoms with Crippen molar-refractivity contribution in [3.63, 3.8) is 0 Å². The summed E-state index contributed by atoms with van der Waals surface area (Å²) < 4.78 is 2.99. The monoisotopic (exact) mass is 264 g/mol. The summed E-state index contributed by atoms with van der Waals surface area (Å²) in [5, 5.41) is 9.70. The molecule has 1 heterocycles. The lowest BCUT2D eigenvalue weighted by atomic mass is 10.2. The second-order valence-corrected chi connectivity index (χ2v) is 5.42. The second-order valence-electron chi connectivity index (χ2n) is 4.39. The van der Waals surface area contributed by atoms with E-state index in [4.69, 9.17) is 0 Å². The van der Waals surface area contributed by atoms with Crippen LogP contribution >= 0.6 is 11.3 Å². The minimum atomic E-state index is -0.827. The Balaban J connectivity index is 2.27. The van der Waals surface area contributed by atoms with E-state index in [1.807, 2.05) is 28.8 Å². The summed E-state index contributed by atoms with van der Waals surface area (Å²) in [6.07, 6.45) is 4.61. The maximum absolute atomic E-state index is 11.3. The highest BCUT2D eigenvalue weighted by atomic mass is 32.1. The Morgan fingerprint density at radius 2 is 2.06 bits per heavy atom. The van der Waals surface area contributed by atoms with Gasteiger partial charge >= 0.3 is 11.0 Å². The molecule has 0 unspecified atom stereocenters. The topological polar surface area (TPSA) is 41.2 Å². The van der Waals surface area contributed by atoms with E-state index >= 15 is 0 Å². The summed E-state index contributed by atoms with van der Waals surface area (Å²) in [5.74, 6) is -0.827. The highest BCUT2D eigenvalue weighted by Crippen LogP contribution is 2.20. The van der Waals surface area contributed by atoms with E-state index in [0.29, 0.717) is 5.01 Å². The molecule has 0 saturated carbocycles. The van der Waals surface area contributed by atoms with Gasteiger partial charge in [-0.05, 0) is 12.5 Å². The minimum Gasteiger partial charge on any atom is -0.473 e. The van der Waals surface area contributed by atoms with Crippen LogP contribution in [0.3, 0.4) is 0 Å². The van der Waals surface area contributed by atoms with Crippen LogP contribution in [0.4, 0.5) is 0 Å². The summed E-state index contributed by atoms with van der Waals surface area (Å²) in [6, 6.07) is 7.89. The van der Waals surface area contributed by atoms with E-state index in [1.54, 1.807) is 0 Å². The van der Waals surface area contributed by atoms with Crippen LogP contribution in [0.15, 0.2) is 24.3 Å². The number of carboxylic acid groups (broad SMARTS) is 1. The van der Waals surface area contributed by atoms with Gasteiger partial charge in [-0.3, -0.25) is 0 Å². The number of unbranched alkanes of at least 4 members (excludes halogenated alkanes) is 3. The third-order valence-corrected chi connectivity index (χ3v) is 4.18. The first-order valence-corrected chi connectivity index (χ1v) is 7.20. The molecule has 96 valence electrons. The lowest BCUT2D eigenvalue weighted by Gasteiger charge is -1.97. The average molecular weight is 264 g/mol. The molecule has 0 amide bonds. The molecule has 0 aliphatic carbocycles. The Morgan fingerprint density at radius 1 is 1.28 bits per heavy atom. The fourth-order valence-corrected chi connectivity index (χ4v) is 3.14. The van der Waals surface area contributed by atoms with E-state index in [9.17, 15) is 9.90 Å². The summed E-state index contributed by atoms with van der Waals surface area (Å²) in [5.41, 5.74) is 1.04. The summed E-state index contributed by atoms with van der Waals surface area (Å²) >= 11 is 1.36. The quantitative estimate of drug-likeness (QED) is 0.641. The van der Waals surface area contributed by atoms with Gasteiger partial charge in [0, 0.05) is 12.5 Å². The van der Waals surface area contributed by atoms with Gasteiger partial charge in [-0.15, -0.1) is 0 Å². The van der Waals surface area contributed by atoms with E-state index in [1.165, 1.54) is 24.2 Å². The van der Waals surface area contributed by atoms with Gasteiger partial charge in [0.1, 0.15) is 4.70 Å². The Hall–Kier alpha value is -1.42. The number of benzene rings is 1. The van der Waals surface area contributed by atoms with Crippen molar-refractivity contribution in [3.05, 3.63) is 29.3 Å². The number of carboxylic acids is 1. The molecule has 1 aromatic heterocycles. The molecule has 0 aliphatic rings. The third kappa shape index (κ3) is 2.70. The van der Waals surface area contributed by atoms with Crippen LogP contribution in [0.2, 0.25) is 0 Å². The molecule has 2 rings (SSSR count). The summed E-state index contributed by atoms with van der Waals surface area (Å²) in [7, 11) is 0. The van der Waals surface area contributed by atoms with E-state index in [-0.39, 0.29) is 0 Å². The first-order valence-electron chi connectivity index (χ1n) is 6.38. The molecule has 18 heavy (non-hydrogen) atoms. The average Bonchev–Trinajstić information content (AvgIpc) is 2.74. The predicted molar refractivity (Wildman–Crippen MR) is 73.1 cm³/mol. The molecule has 0 spiro atoms. The first kappa shape index (κ1) is 13.0. The standard InChI is InChI=1S/C14H17NO2S/c1-2-3-4-7-10-15-11-8-5-6-9-12(11)18-13(15)14(16)17/h5-6,8-9H,2-4,7,10H2,1H3/p+1. The van der Waals surface area contributed by atoms with Crippen molar-refractivity contribution in [3.8, 4) is 0 Å². The van der Waals surface area contributed by atoms with Gasteiger partial charge in [0.05, 0.1) is 0 Å². The molecule has 0 bridgehead atoms. The number of rotatable bonds is 6. The van der Waals surface area contributed by atoms with Crippen LogP contribution in [0.25, 0.3) is 10.2 Å². The van der Waals surface area contributed by atoms with E-state index < -0.39 is 5.97 Å². The summed E-state index contributed by atoms with van der Waals surface area (Å²) in [6.45, 7) is 2.97. The van der Waals surface area contributed by atoms with E-state index in [2.05, 4.69) is 6.92 Å². The van der Waals surface area contributed by atoms with Crippen LogP contribution in [-0.4, -0.2) is 11.1 Å². The number of fused-ring (bicyclic) bond motifs is 1. The Morgan fingerprint density at radius 3 is 2.78 bits per heavy atom. The van der Waals surface area contributed by atoms with Gasteiger partial charge in [-0.2, -0.15) is 4.57 Å². The number of nitrogens with zero attached hydrogens (tertiary/aromatic N) is 1. The molecule has 0 atom stereocenters. The Kier molecular flexibility index (Phi) is 4.31. The number of aromatic nitrogens is 1. The van der Waals surface area contributed by atoms with Crippen molar-refractivity contribution in [2.75, 3.05) is 0 Å². The highest BCUT2D eigenvalue weighted by Gasteiger charge is 2.25. The molecule has 0 aliphatic heterocycles.